The first kappa shape index (κ1) is 9.92. The molecule has 0 aromatic heterocycles. The topological polar surface area (TPSA) is 32.3 Å². The Morgan fingerprint density at radius 3 is 1.60 bits per heavy atom. The summed E-state index contributed by atoms with van der Waals surface area (Å²) in [7, 11) is 0. The summed E-state index contributed by atoms with van der Waals surface area (Å²) in [6.45, 7) is 10.4. The van der Waals surface area contributed by atoms with Crippen LogP contribution >= 0.6 is 0 Å². The van der Waals surface area contributed by atoms with E-state index in [1.807, 2.05) is 13.8 Å². The number of aliphatic hydroxyl groups excluding tert-OH is 1. The van der Waals surface area contributed by atoms with Crippen LogP contribution in [0.4, 0.5) is 0 Å². The second kappa shape index (κ2) is 2.89. The van der Waals surface area contributed by atoms with Crippen LogP contribution < -0.4 is 5.32 Å². The van der Waals surface area contributed by atoms with Crippen LogP contribution in [0, 0.1) is 0 Å². The first-order valence-corrected chi connectivity index (χ1v) is 3.67. The van der Waals surface area contributed by atoms with Crippen molar-refractivity contribution in [1.82, 2.24) is 5.32 Å². The first-order chi connectivity index (χ1) is 4.27. The van der Waals surface area contributed by atoms with E-state index in [0.29, 0.717) is 0 Å². The van der Waals surface area contributed by atoms with Crippen LogP contribution in [0.1, 0.15) is 34.6 Å². The Morgan fingerprint density at radius 2 is 1.50 bits per heavy atom. The predicted octanol–water partition coefficient (Wildman–Crippen LogP) is 1.15. The molecule has 0 aromatic rings. The number of hydrogen-bond donors (Lipinski definition) is 2. The summed E-state index contributed by atoms with van der Waals surface area (Å²) in [5.74, 6) is 0. The summed E-state index contributed by atoms with van der Waals surface area (Å²) >= 11 is 0. The fourth-order valence-electron chi connectivity index (χ4n) is 1.05. The summed E-state index contributed by atoms with van der Waals surface area (Å²) in [6.07, 6.45) is 0. The second-order valence-electron chi connectivity index (χ2n) is 4.42. The Bertz CT molecular complexity index is 102. The third-order valence-corrected chi connectivity index (χ3v) is 1.11. The minimum absolute atomic E-state index is 0.0756. The SMILES string of the molecule is CC(C)(C)NC(C)(C)CO. The van der Waals surface area contributed by atoms with E-state index in [9.17, 15) is 0 Å². The maximum atomic E-state index is 8.89. The number of hydrogen-bond acceptors (Lipinski definition) is 2. The molecule has 0 spiro atoms. The van der Waals surface area contributed by atoms with E-state index in [4.69, 9.17) is 5.11 Å². The van der Waals surface area contributed by atoms with Gasteiger partial charge in [0.2, 0.25) is 0 Å². The van der Waals surface area contributed by atoms with E-state index in [1.54, 1.807) is 0 Å². The summed E-state index contributed by atoms with van der Waals surface area (Å²) < 4.78 is 0. The summed E-state index contributed by atoms with van der Waals surface area (Å²) in [5, 5.41) is 12.2. The zero-order chi connectivity index (χ0) is 8.41. The number of aliphatic hydroxyl groups is 1. The van der Waals surface area contributed by atoms with Gasteiger partial charge >= 0.3 is 0 Å². The molecule has 10 heavy (non-hydrogen) atoms. The van der Waals surface area contributed by atoms with Crippen LogP contribution in [-0.4, -0.2) is 22.8 Å². The van der Waals surface area contributed by atoms with Gasteiger partial charge in [0.05, 0.1) is 6.61 Å². The van der Waals surface area contributed by atoms with E-state index in [1.165, 1.54) is 0 Å². The lowest BCUT2D eigenvalue weighted by Crippen LogP contribution is -2.52. The minimum atomic E-state index is -0.168. The maximum Gasteiger partial charge on any atom is 0.0608 e. The Balaban J connectivity index is 3.89. The van der Waals surface area contributed by atoms with Crippen LogP contribution in [0.2, 0.25) is 0 Å². The van der Waals surface area contributed by atoms with Crippen molar-refractivity contribution in [3.05, 3.63) is 0 Å². The molecule has 0 amide bonds. The van der Waals surface area contributed by atoms with Crippen LogP contribution in [-0.2, 0) is 0 Å². The van der Waals surface area contributed by atoms with Gasteiger partial charge in [-0.2, -0.15) is 0 Å². The highest BCUT2D eigenvalue weighted by molar-refractivity contribution is 4.84. The van der Waals surface area contributed by atoms with Gasteiger partial charge in [0.1, 0.15) is 0 Å². The van der Waals surface area contributed by atoms with Crippen molar-refractivity contribution in [3.63, 3.8) is 0 Å². The average molecular weight is 145 g/mol. The molecule has 0 fully saturated rings. The Hall–Kier alpha value is -0.0800. The largest absolute Gasteiger partial charge is 0.394 e. The molecule has 0 aliphatic heterocycles. The fraction of sp³-hybridized carbons (Fsp3) is 1.00. The van der Waals surface area contributed by atoms with Crippen LogP contribution in [0.3, 0.4) is 0 Å². The summed E-state index contributed by atoms with van der Waals surface area (Å²) in [6, 6.07) is 0. The molecule has 0 aromatic carbocycles. The molecule has 0 atom stereocenters. The molecule has 0 bridgehead atoms. The lowest BCUT2D eigenvalue weighted by atomic mass is 10.00. The highest BCUT2D eigenvalue weighted by atomic mass is 16.3. The van der Waals surface area contributed by atoms with E-state index in [-0.39, 0.29) is 17.7 Å². The smallest absolute Gasteiger partial charge is 0.0608 e. The van der Waals surface area contributed by atoms with Crippen molar-refractivity contribution in [2.75, 3.05) is 6.61 Å². The van der Waals surface area contributed by atoms with E-state index in [2.05, 4.69) is 26.1 Å². The Morgan fingerprint density at radius 1 is 1.10 bits per heavy atom. The molecule has 0 rings (SSSR count). The lowest BCUT2D eigenvalue weighted by Gasteiger charge is -2.33. The molecular formula is C8H19NO. The number of rotatable bonds is 2. The van der Waals surface area contributed by atoms with E-state index in [0.717, 1.165) is 0 Å². The van der Waals surface area contributed by atoms with Gasteiger partial charge < -0.3 is 10.4 Å². The van der Waals surface area contributed by atoms with Crippen molar-refractivity contribution in [3.8, 4) is 0 Å². The van der Waals surface area contributed by atoms with Gasteiger partial charge in [-0.1, -0.05) is 0 Å². The van der Waals surface area contributed by atoms with E-state index < -0.39 is 0 Å². The predicted molar refractivity (Wildman–Crippen MR) is 44.1 cm³/mol. The van der Waals surface area contributed by atoms with Gasteiger partial charge in [-0.3, -0.25) is 0 Å². The van der Waals surface area contributed by atoms with Crippen molar-refractivity contribution in [2.24, 2.45) is 0 Å². The molecule has 0 aliphatic carbocycles. The van der Waals surface area contributed by atoms with Crippen LogP contribution in [0.15, 0.2) is 0 Å². The lowest BCUT2D eigenvalue weighted by molar-refractivity contribution is 0.159. The third-order valence-electron chi connectivity index (χ3n) is 1.11. The molecule has 0 heterocycles. The molecular weight excluding hydrogens is 126 g/mol. The highest BCUT2D eigenvalue weighted by Crippen LogP contribution is 2.08. The fourth-order valence-corrected chi connectivity index (χ4v) is 1.05. The highest BCUT2D eigenvalue weighted by Gasteiger charge is 2.22. The van der Waals surface area contributed by atoms with Crippen molar-refractivity contribution in [1.29, 1.82) is 0 Å². The normalized spacial score (nSPS) is 13.8. The molecule has 0 unspecified atom stereocenters. The molecule has 0 saturated heterocycles. The standard InChI is InChI=1S/C8H19NO/c1-7(2,3)9-8(4,5)6-10/h9-10H,6H2,1-5H3. The zero-order valence-electron chi connectivity index (χ0n) is 7.65. The molecule has 2 heteroatoms. The van der Waals surface area contributed by atoms with Gasteiger partial charge in [-0.05, 0) is 34.6 Å². The van der Waals surface area contributed by atoms with Gasteiger partial charge in [-0.15, -0.1) is 0 Å². The van der Waals surface area contributed by atoms with Gasteiger partial charge in [-0.25, -0.2) is 0 Å². The molecule has 0 aliphatic rings. The number of nitrogens with one attached hydrogen (secondary N) is 1. The second-order valence-corrected chi connectivity index (χ2v) is 4.42. The summed E-state index contributed by atoms with van der Waals surface area (Å²) in [4.78, 5) is 0. The zero-order valence-corrected chi connectivity index (χ0v) is 7.65. The molecule has 62 valence electrons. The summed E-state index contributed by atoms with van der Waals surface area (Å²) in [5.41, 5.74) is -0.0928. The van der Waals surface area contributed by atoms with Gasteiger partial charge in [0, 0.05) is 11.1 Å². The first-order valence-electron chi connectivity index (χ1n) is 3.67. The molecule has 2 nitrogen and oxygen atoms in total. The van der Waals surface area contributed by atoms with Gasteiger partial charge in [0.15, 0.2) is 0 Å². The van der Waals surface area contributed by atoms with Crippen LogP contribution in [0.25, 0.3) is 0 Å². The molecule has 0 saturated carbocycles. The van der Waals surface area contributed by atoms with Crippen molar-refractivity contribution >= 4 is 0 Å². The Labute approximate surface area is 63.6 Å². The monoisotopic (exact) mass is 145 g/mol. The third kappa shape index (κ3) is 4.77. The molecule has 0 radical (unpaired) electrons. The van der Waals surface area contributed by atoms with Crippen molar-refractivity contribution < 1.29 is 5.11 Å². The quantitative estimate of drug-likeness (QED) is 0.611. The van der Waals surface area contributed by atoms with Crippen LogP contribution in [0.5, 0.6) is 0 Å². The average Bonchev–Trinajstić information content (AvgIpc) is 1.60. The van der Waals surface area contributed by atoms with Gasteiger partial charge in [0.25, 0.3) is 0 Å². The Kier molecular flexibility index (Phi) is 2.86. The maximum absolute atomic E-state index is 8.89. The molecule has 2 N–H and O–H groups in total. The minimum Gasteiger partial charge on any atom is -0.394 e. The van der Waals surface area contributed by atoms with E-state index >= 15 is 0 Å². The van der Waals surface area contributed by atoms with Crippen molar-refractivity contribution in [2.45, 2.75) is 45.7 Å².